The molecule has 1 aliphatic heterocycles. The van der Waals surface area contributed by atoms with Crippen molar-refractivity contribution in [3.05, 3.63) is 35.9 Å². The molecule has 0 saturated carbocycles. The van der Waals surface area contributed by atoms with Crippen LogP contribution in [0.5, 0.6) is 0 Å². The molecule has 1 aromatic carbocycles. The number of esters is 1. The number of benzene rings is 1. The molecule has 1 unspecified atom stereocenters. The maximum atomic E-state index is 12.1. The van der Waals surface area contributed by atoms with Crippen LogP contribution in [0, 0.1) is 5.92 Å². The van der Waals surface area contributed by atoms with E-state index in [-0.39, 0.29) is 17.8 Å². The molecule has 0 aromatic heterocycles. The fourth-order valence-electron chi connectivity index (χ4n) is 3.21. The van der Waals surface area contributed by atoms with E-state index in [1.807, 2.05) is 32.0 Å². The summed E-state index contributed by atoms with van der Waals surface area (Å²) in [7, 11) is 0. The first kappa shape index (κ1) is 21.7. The number of carbonyl (C=O) groups is 2. The summed E-state index contributed by atoms with van der Waals surface area (Å²) in [4.78, 5) is 30.9. The van der Waals surface area contributed by atoms with Crippen molar-refractivity contribution in [2.75, 3.05) is 39.3 Å². The van der Waals surface area contributed by atoms with Gasteiger partial charge in [-0.2, -0.15) is 0 Å². The quantitative estimate of drug-likeness (QED) is 0.308. The van der Waals surface area contributed by atoms with Gasteiger partial charge in [0.25, 0.3) is 5.91 Å². The van der Waals surface area contributed by atoms with Crippen LogP contribution in [0.2, 0.25) is 0 Å². The van der Waals surface area contributed by atoms with E-state index >= 15 is 0 Å². The van der Waals surface area contributed by atoms with E-state index in [0.717, 1.165) is 38.3 Å². The summed E-state index contributed by atoms with van der Waals surface area (Å²) in [5, 5.41) is 6.22. The highest BCUT2D eigenvalue weighted by molar-refractivity contribution is 5.94. The van der Waals surface area contributed by atoms with Crippen molar-refractivity contribution in [3.63, 3.8) is 0 Å². The van der Waals surface area contributed by atoms with Crippen molar-refractivity contribution in [1.82, 2.24) is 15.5 Å². The van der Waals surface area contributed by atoms with Crippen LogP contribution in [0.1, 0.15) is 43.5 Å². The maximum absolute atomic E-state index is 12.1. The van der Waals surface area contributed by atoms with Crippen LogP contribution in [0.4, 0.5) is 0 Å². The second-order valence-corrected chi connectivity index (χ2v) is 6.75. The molecule has 28 heavy (non-hydrogen) atoms. The third kappa shape index (κ3) is 6.87. The largest absolute Gasteiger partial charge is 0.466 e. The van der Waals surface area contributed by atoms with Gasteiger partial charge in [0.2, 0.25) is 0 Å². The van der Waals surface area contributed by atoms with Gasteiger partial charge in [0.05, 0.1) is 12.5 Å². The third-order valence-electron chi connectivity index (χ3n) is 4.59. The Labute approximate surface area is 167 Å². The van der Waals surface area contributed by atoms with Crippen molar-refractivity contribution in [1.29, 1.82) is 0 Å². The van der Waals surface area contributed by atoms with Crippen molar-refractivity contribution < 1.29 is 14.3 Å². The Morgan fingerprint density at radius 3 is 2.71 bits per heavy atom. The molecule has 2 N–H and O–H groups in total. The van der Waals surface area contributed by atoms with E-state index in [1.165, 1.54) is 0 Å². The van der Waals surface area contributed by atoms with Gasteiger partial charge in [-0.1, -0.05) is 18.2 Å². The Bertz CT molecular complexity index is 648. The number of ether oxygens (including phenoxy) is 1. The van der Waals surface area contributed by atoms with Gasteiger partial charge in [-0.15, -0.1) is 0 Å². The highest BCUT2D eigenvalue weighted by atomic mass is 16.5. The Morgan fingerprint density at radius 2 is 2.00 bits per heavy atom. The molecule has 1 fully saturated rings. The molecule has 1 amide bonds. The second-order valence-electron chi connectivity index (χ2n) is 6.75. The van der Waals surface area contributed by atoms with E-state index in [2.05, 4.69) is 20.5 Å². The number of aliphatic imine (C=N–C) groups is 1. The van der Waals surface area contributed by atoms with E-state index in [9.17, 15) is 9.59 Å². The van der Waals surface area contributed by atoms with Gasteiger partial charge in [-0.3, -0.25) is 14.6 Å². The Morgan fingerprint density at radius 1 is 1.21 bits per heavy atom. The molecular formula is C21H32N4O3. The number of rotatable bonds is 8. The summed E-state index contributed by atoms with van der Waals surface area (Å²) < 4.78 is 5.18. The monoisotopic (exact) mass is 388 g/mol. The lowest BCUT2D eigenvalue weighted by Gasteiger charge is -2.34. The van der Waals surface area contributed by atoms with Crippen LogP contribution < -0.4 is 10.6 Å². The first-order valence-corrected chi connectivity index (χ1v) is 10.2. The smallest absolute Gasteiger partial charge is 0.310 e. The first-order chi connectivity index (χ1) is 13.7. The summed E-state index contributed by atoms with van der Waals surface area (Å²) in [6.45, 7) is 7.74. The van der Waals surface area contributed by atoms with Crippen molar-refractivity contribution in [2.24, 2.45) is 10.9 Å². The van der Waals surface area contributed by atoms with Gasteiger partial charge in [-0.25, -0.2) is 0 Å². The van der Waals surface area contributed by atoms with Gasteiger partial charge < -0.3 is 20.3 Å². The Balaban J connectivity index is 1.81. The van der Waals surface area contributed by atoms with E-state index < -0.39 is 0 Å². The molecule has 0 spiro atoms. The summed E-state index contributed by atoms with van der Waals surface area (Å²) in [5.41, 5.74) is 0.665. The van der Waals surface area contributed by atoms with Crippen molar-refractivity contribution >= 4 is 17.8 Å². The Kier molecular flexibility index (Phi) is 9.31. The molecular weight excluding hydrogens is 356 g/mol. The number of nitrogens with one attached hydrogen (secondary N) is 2. The number of likely N-dealkylation sites (tertiary alicyclic amines) is 1. The molecule has 154 valence electrons. The molecule has 1 heterocycles. The minimum Gasteiger partial charge on any atom is -0.466 e. The summed E-state index contributed by atoms with van der Waals surface area (Å²) in [6.07, 6.45) is 2.56. The Hall–Kier alpha value is -2.57. The summed E-state index contributed by atoms with van der Waals surface area (Å²) in [6, 6.07) is 9.19. The number of nitrogens with zero attached hydrogens (tertiary/aromatic N) is 2. The third-order valence-corrected chi connectivity index (χ3v) is 4.59. The SMILES string of the molecule is CCNC(=NCCCNC(=O)c1ccccc1)N1CCCC(C(=O)OCC)C1. The minimum atomic E-state index is -0.119. The normalized spacial score (nSPS) is 17.1. The molecule has 1 aromatic rings. The molecule has 7 nitrogen and oxygen atoms in total. The summed E-state index contributed by atoms with van der Waals surface area (Å²) >= 11 is 0. The number of amides is 1. The van der Waals surface area contributed by atoms with Gasteiger partial charge in [0.15, 0.2) is 5.96 Å². The van der Waals surface area contributed by atoms with Crippen LogP contribution in [0.3, 0.4) is 0 Å². The minimum absolute atomic E-state index is 0.0650. The fourth-order valence-corrected chi connectivity index (χ4v) is 3.21. The van der Waals surface area contributed by atoms with Gasteiger partial charge in [-0.05, 0) is 45.2 Å². The van der Waals surface area contributed by atoms with Crippen molar-refractivity contribution in [2.45, 2.75) is 33.1 Å². The number of hydrogen-bond acceptors (Lipinski definition) is 4. The summed E-state index contributed by atoms with van der Waals surface area (Å²) in [5.74, 6) is 0.546. The topological polar surface area (TPSA) is 83.0 Å². The van der Waals surface area contributed by atoms with Gasteiger partial charge >= 0.3 is 5.97 Å². The first-order valence-electron chi connectivity index (χ1n) is 10.2. The van der Waals surface area contributed by atoms with Crippen LogP contribution in [0.25, 0.3) is 0 Å². The number of guanidine groups is 1. The van der Waals surface area contributed by atoms with Gasteiger partial charge in [0, 0.05) is 38.3 Å². The predicted molar refractivity (Wildman–Crippen MR) is 110 cm³/mol. The predicted octanol–water partition coefficient (Wildman–Crippen LogP) is 2.05. The highest BCUT2D eigenvalue weighted by Gasteiger charge is 2.28. The van der Waals surface area contributed by atoms with Crippen LogP contribution in [-0.2, 0) is 9.53 Å². The second kappa shape index (κ2) is 12.0. The lowest BCUT2D eigenvalue weighted by molar-refractivity contribution is -0.149. The molecule has 2 rings (SSSR count). The molecule has 7 heteroatoms. The highest BCUT2D eigenvalue weighted by Crippen LogP contribution is 2.18. The standard InChI is InChI=1S/C21H32N4O3/c1-3-22-21(25-15-8-12-18(16-25)20(27)28-4-2)24-14-9-13-23-19(26)17-10-6-5-7-11-17/h5-7,10-11,18H,3-4,8-9,12-16H2,1-2H3,(H,22,24)(H,23,26). The molecule has 1 atom stereocenters. The zero-order valence-electron chi connectivity index (χ0n) is 16.9. The molecule has 1 aliphatic rings. The van der Waals surface area contributed by atoms with E-state index in [1.54, 1.807) is 12.1 Å². The van der Waals surface area contributed by atoms with E-state index in [4.69, 9.17) is 4.74 Å². The number of hydrogen-bond donors (Lipinski definition) is 2. The van der Waals surface area contributed by atoms with E-state index in [0.29, 0.717) is 31.8 Å². The lowest BCUT2D eigenvalue weighted by Crippen LogP contribution is -2.48. The number of carbonyl (C=O) groups excluding carboxylic acids is 2. The molecule has 1 saturated heterocycles. The molecule has 0 aliphatic carbocycles. The average molecular weight is 389 g/mol. The van der Waals surface area contributed by atoms with Crippen LogP contribution in [-0.4, -0.2) is 62.1 Å². The van der Waals surface area contributed by atoms with Gasteiger partial charge in [0.1, 0.15) is 0 Å². The van der Waals surface area contributed by atoms with Crippen LogP contribution in [0.15, 0.2) is 35.3 Å². The zero-order chi connectivity index (χ0) is 20.2. The molecule has 0 radical (unpaired) electrons. The fraction of sp³-hybridized carbons (Fsp3) is 0.571. The zero-order valence-corrected chi connectivity index (χ0v) is 16.9. The van der Waals surface area contributed by atoms with Crippen LogP contribution >= 0.6 is 0 Å². The average Bonchev–Trinajstić information content (AvgIpc) is 2.73. The lowest BCUT2D eigenvalue weighted by atomic mass is 9.98. The molecule has 0 bridgehead atoms. The number of piperidine rings is 1. The van der Waals surface area contributed by atoms with Crippen molar-refractivity contribution in [3.8, 4) is 0 Å². The maximum Gasteiger partial charge on any atom is 0.310 e.